The molecule has 1 aliphatic carbocycles. The number of thioether (sulfide) groups is 1. The maximum Gasteiger partial charge on any atom is 0.0504 e. The molecule has 0 heterocycles. The third-order valence-electron chi connectivity index (χ3n) is 3.45. The molecule has 1 aromatic carbocycles. The van der Waals surface area contributed by atoms with E-state index >= 15 is 0 Å². The van der Waals surface area contributed by atoms with Crippen LogP contribution >= 0.6 is 11.8 Å². The fourth-order valence-corrected chi connectivity index (χ4v) is 2.76. The average molecular weight is 251 g/mol. The Balaban J connectivity index is 1.96. The van der Waals surface area contributed by atoms with Gasteiger partial charge in [-0.05, 0) is 42.9 Å². The van der Waals surface area contributed by atoms with Crippen LogP contribution in [0.1, 0.15) is 19.8 Å². The summed E-state index contributed by atoms with van der Waals surface area (Å²) >= 11 is 1.87. The van der Waals surface area contributed by atoms with Gasteiger partial charge in [0.05, 0.1) is 6.61 Å². The van der Waals surface area contributed by atoms with Gasteiger partial charge in [-0.1, -0.05) is 6.92 Å². The fourth-order valence-electron chi connectivity index (χ4n) is 2.10. The molecular weight excluding hydrogens is 230 g/mol. The van der Waals surface area contributed by atoms with Crippen LogP contribution in [-0.2, 0) is 0 Å². The third kappa shape index (κ3) is 3.17. The van der Waals surface area contributed by atoms with Gasteiger partial charge in [0.2, 0.25) is 0 Å². The summed E-state index contributed by atoms with van der Waals surface area (Å²) in [5, 5.41) is 9.34. The van der Waals surface area contributed by atoms with Gasteiger partial charge in [-0.3, -0.25) is 0 Å². The minimum Gasteiger partial charge on any atom is -0.396 e. The molecule has 0 unspecified atom stereocenters. The standard InChI is InChI=1S/C14H21NOS/c1-3-17-13-6-4-12(5-7-13)15(2)10-14(11-16)8-9-14/h4-7,16H,3,8-11H2,1-2H3. The summed E-state index contributed by atoms with van der Waals surface area (Å²) in [6, 6.07) is 8.70. The fraction of sp³-hybridized carbons (Fsp3) is 0.571. The van der Waals surface area contributed by atoms with Gasteiger partial charge < -0.3 is 10.0 Å². The normalized spacial score (nSPS) is 16.9. The van der Waals surface area contributed by atoms with Crippen molar-refractivity contribution < 1.29 is 5.11 Å². The summed E-state index contributed by atoms with van der Waals surface area (Å²) < 4.78 is 0. The van der Waals surface area contributed by atoms with Crippen LogP contribution in [0.5, 0.6) is 0 Å². The summed E-state index contributed by atoms with van der Waals surface area (Å²) in [7, 11) is 2.11. The highest BCUT2D eigenvalue weighted by Gasteiger charge is 2.42. The van der Waals surface area contributed by atoms with E-state index in [0.717, 1.165) is 25.1 Å². The van der Waals surface area contributed by atoms with E-state index < -0.39 is 0 Å². The smallest absolute Gasteiger partial charge is 0.0504 e. The third-order valence-corrected chi connectivity index (χ3v) is 4.35. The second-order valence-electron chi connectivity index (χ2n) is 4.94. The molecule has 3 heteroatoms. The second-order valence-corrected chi connectivity index (χ2v) is 6.28. The van der Waals surface area contributed by atoms with Gasteiger partial charge in [0.25, 0.3) is 0 Å². The topological polar surface area (TPSA) is 23.5 Å². The Morgan fingerprint density at radius 1 is 1.29 bits per heavy atom. The van der Waals surface area contributed by atoms with Gasteiger partial charge in [-0.25, -0.2) is 0 Å². The van der Waals surface area contributed by atoms with Crippen LogP contribution in [0.3, 0.4) is 0 Å². The molecule has 17 heavy (non-hydrogen) atoms. The number of aliphatic hydroxyl groups excluding tert-OH is 1. The summed E-state index contributed by atoms with van der Waals surface area (Å²) in [4.78, 5) is 3.58. The number of benzene rings is 1. The Hall–Kier alpha value is -0.670. The lowest BCUT2D eigenvalue weighted by molar-refractivity contribution is 0.215. The summed E-state index contributed by atoms with van der Waals surface area (Å²) in [5.74, 6) is 1.11. The summed E-state index contributed by atoms with van der Waals surface area (Å²) in [6.45, 7) is 3.45. The Bertz CT molecular complexity index is 359. The van der Waals surface area contributed by atoms with Crippen molar-refractivity contribution in [1.29, 1.82) is 0 Å². The van der Waals surface area contributed by atoms with Crippen LogP contribution in [0.25, 0.3) is 0 Å². The van der Waals surface area contributed by atoms with Crippen LogP contribution in [0, 0.1) is 5.41 Å². The van der Waals surface area contributed by atoms with Crippen molar-refractivity contribution >= 4 is 17.4 Å². The quantitative estimate of drug-likeness (QED) is 0.786. The second kappa shape index (κ2) is 5.32. The highest BCUT2D eigenvalue weighted by atomic mass is 32.2. The van der Waals surface area contributed by atoms with Crippen molar-refractivity contribution in [3.8, 4) is 0 Å². The van der Waals surface area contributed by atoms with Crippen LogP contribution in [0.4, 0.5) is 5.69 Å². The first-order valence-corrected chi connectivity index (χ1v) is 7.22. The van der Waals surface area contributed by atoms with E-state index in [-0.39, 0.29) is 5.41 Å². The van der Waals surface area contributed by atoms with Crippen molar-refractivity contribution in [2.24, 2.45) is 5.41 Å². The lowest BCUT2D eigenvalue weighted by Gasteiger charge is -2.24. The molecule has 2 nitrogen and oxygen atoms in total. The number of hydrogen-bond donors (Lipinski definition) is 1. The molecule has 1 aliphatic rings. The zero-order valence-electron chi connectivity index (χ0n) is 10.6. The first kappa shape index (κ1) is 12.8. The first-order chi connectivity index (χ1) is 8.19. The molecule has 1 aromatic rings. The number of nitrogens with zero attached hydrogens (tertiary/aromatic N) is 1. The van der Waals surface area contributed by atoms with E-state index in [1.165, 1.54) is 10.6 Å². The van der Waals surface area contributed by atoms with E-state index in [9.17, 15) is 5.11 Å². The Morgan fingerprint density at radius 3 is 2.41 bits per heavy atom. The number of rotatable bonds is 6. The predicted octanol–water partition coefficient (Wildman–Crippen LogP) is 3.01. The minimum atomic E-state index is 0.186. The van der Waals surface area contributed by atoms with Gasteiger partial charge in [-0.2, -0.15) is 0 Å². The Morgan fingerprint density at radius 2 is 1.94 bits per heavy atom. The van der Waals surface area contributed by atoms with Crippen molar-refractivity contribution in [2.75, 3.05) is 30.9 Å². The molecular formula is C14H21NOS. The van der Waals surface area contributed by atoms with E-state index in [1.807, 2.05) is 11.8 Å². The largest absolute Gasteiger partial charge is 0.396 e. The predicted molar refractivity (Wildman–Crippen MR) is 74.9 cm³/mol. The van der Waals surface area contributed by atoms with Gasteiger partial charge in [-0.15, -0.1) is 11.8 Å². The molecule has 94 valence electrons. The zero-order valence-corrected chi connectivity index (χ0v) is 11.5. The van der Waals surface area contributed by atoms with Crippen molar-refractivity contribution in [3.05, 3.63) is 24.3 Å². The molecule has 1 N–H and O–H groups in total. The Kier molecular flexibility index (Phi) is 4.00. The summed E-state index contributed by atoms with van der Waals surface area (Å²) in [5.41, 5.74) is 1.43. The maximum absolute atomic E-state index is 9.34. The minimum absolute atomic E-state index is 0.186. The van der Waals surface area contributed by atoms with E-state index in [4.69, 9.17) is 0 Å². The zero-order chi connectivity index (χ0) is 12.3. The first-order valence-electron chi connectivity index (χ1n) is 6.24. The van der Waals surface area contributed by atoms with Gasteiger partial charge in [0.1, 0.15) is 0 Å². The molecule has 0 radical (unpaired) electrons. The SMILES string of the molecule is CCSc1ccc(N(C)CC2(CO)CC2)cc1. The van der Waals surface area contributed by atoms with Crippen LogP contribution < -0.4 is 4.90 Å². The van der Waals surface area contributed by atoms with Crippen molar-refractivity contribution in [3.63, 3.8) is 0 Å². The van der Waals surface area contributed by atoms with Crippen LogP contribution in [-0.4, -0.2) is 31.1 Å². The maximum atomic E-state index is 9.34. The highest BCUT2D eigenvalue weighted by Crippen LogP contribution is 2.45. The molecule has 0 saturated heterocycles. The molecule has 1 fully saturated rings. The molecule has 0 aromatic heterocycles. The number of hydrogen-bond acceptors (Lipinski definition) is 3. The molecule has 0 atom stereocenters. The van der Waals surface area contributed by atoms with Gasteiger partial charge in [0, 0.05) is 29.6 Å². The van der Waals surface area contributed by atoms with Crippen LogP contribution in [0.15, 0.2) is 29.2 Å². The monoisotopic (exact) mass is 251 g/mol. The lowest BCUT2D eigenvalue weighted by atomic mass is 10.1. The molecule has 0 amide bonds. The van der Waals surface area contributed by atoms with E-state index in [1.54, 1.807) is 0 Å². The molecule has 0 aliphatic heterocycles. The van der Waals surface area contributed by atoms with E-state index in [2.05, 4.69) is 43.1 Å². The van der Waals surface area contributed by atoms with Gasteiger partial charge in [0.15, 0.2) is 0 Å². The van der Waals surface area contributed by atoms with Crippen molar-refractivity contribution in [1.82, 2.24) is 0 Å². The molecule has 1 saturated carbocycles. The average Bonchev–Trinajstić information content (AvgIpc) is 3.11. The number of anilines is 1. The molecule has 0 spiro atoms. The van der Waals surface area contributed by atoms with Crippen LogP contribution in [0.2, 0.25) is 0 Å². The highest BCUT2D eigenvalue weighted by molar-refractivity contribution is 7.99. The molecule has 0 bridgehead atoms. The Labute approximate surface area is 108 Å². The number of aliphatic hydroxyl groups is 1. The van der Waals surface area contributed by atoms with E-state index in [0.29, 0.717) is 6.61 Å². The van der Waals surface area contributed by atoms with Gasteiger partial charge >= 0.3 is 0 Å². The molecule has 2 rings (SSSR count). The summed E-state index contributed by atoms with van der Waals surface area (Å²) in [6.07, 6.45) is 2.33. The lowest BCUT2D eigenvalue weighted by Crippen LogP contribution is -2.28. The van der Waals surface area contributed by atoms with Crippen molar-refractivity contribution in [2.45, 2.75) is 24.7 Å².